The summed E-state index contributed by atoms with van der Waals surface area (Å²) < 4.78 is 35.3. The van der Waals surface area contributed by atoms with Crippen molar-refractivity contribution in [2.24, 2.45) is 0 Å². The quantitative estimate of drug-likeness (QED) is 0.667. The number of nitrogens with one attached hydrogen (secondary N) is 2. The van der Waals surface area contributed by atoms with Crippen LogP contribution in [0.3, 0.4) is 0 Å². The number of carbonyl (C=O) groups is 1. The Bertz CT molecular complexity index is 207. The van der Waals surface area contributed by atoms with E-state index in [0.29, 0.717) is 0 Å². The molecule has 0 saturated carbocycles. The number of hydrogen-bond donors (Lipinski definition) is 2. The molecule has 2 N–H and O–H groups in total. The van der Waals surface area contributed by atoms with Gasteiger partial charge < -0.3 is 10.6 Å². The first-order chi connectivity index (χ1) is 7.35. The molecule has 0 rings (SSSR count). The monoisotopic (exact) mass is 240 g/mol. The van der Waals surface area contributed by atoms with Crippen LogP contribution in [0.25, 0.3) is 0 Å². The molecular formula is C10H19F3N2O. The molecule has 6 heteroatoms. The lowest BCUT2D eigenvalue weighted by Gasteiger charge is -2.11. The lowest BCUT2D eigenvalue weighted by atomic mass is 10.2. The highest BCUT2D eigenvalue weighted by atomic mass is 19.4. The highest BCUT2D eigenvalue weighted by molar-refractivity contribution is 5.77. The first-order valence-electron chi connectivity index (χ1n) is 5.42. The molecule has 0 bridgehead atoms. The third-order valence-electron chi connectivity index (χ3n) is 2.18. The second-order valence-electron chi connectivity index (χ2n) is 3.76. The van der Waals surface area contributed by atoms with E-state index in [0.717, 1.165) is 6.42 Å². The van der Waals surface area contributed by atoms with Crippen LogP contribution in [-0.4, -0.2) is 31.2 Å². The zero-order valence-electron chi connectivity index (χ0n) is 9.66. The Balaban J connectivity index is 3.44. The van der Waals surface area contributed by atoms with Gasteiger partial charge in [0.05, 0.1) is 6.54 Å². The Kier molecular flexibility index (Phi) is 7.12. The predicted molar refractivity (Wildman–Crippen MR) is 56.1 cm³/mol. The molecule has 3 nitrogen and oxygen atoms in total. The topological polar surface area (TPSA) is 41.1 Å². The maximum atomic E-state index is 11.8. The zero-order valence-corrected chi connectivity index (χ0v) is 9.66. The minimum absolute atomic E-state index is 0.0700. The van der Waals surface area contributed by atoms with Gasteiger partial charge in [0.1, 0.15) is 0 Å². The van der Waals surface area contributed by atoms with Crippen LogP contribution in [0.15, 0.2) is 0 Å². The van der Waals surface area contributed by atoms with Crippen molar-refractivity contribution in [2.45, 2.75) is 45.3 Å². The summed E-state index contributed by atoms with van der Waals surface area (Å²) in [4.78, 5) is 11.1. The highest BCUT2D eigenvalue weighted by Crippen LogP contribution is 2.20. The smallest absolute Gasteiger partial charge is 0.355 e. The Morgan fingerprint density at radius 2 is 2.00 bits per heavy atom. The lowest BCUT2D eigenvalue weighted by Crippen LogP contribution is -2.38. The number of amides is 1. The van der Waals surface area contributed by atoms with Crippen LogP contribution in [0.5, 0.6) is 0 Å². The van der Waals surface area contributed by atoms with Gasteiger partial charge in [-0.1, -0.05) is 6.92 Å². The number of hydrogen-bond acceptors (Lipinski definition) is 2. The standard InChI is InChI=1S/C10H19F3N2O/c1-3-8(2)15-7-9(16)14-6-4-5-10(11,12)13/h8,15H,3-7H2,1-2H3,(H,14,16). The van der Waals surface area contributed by atoms with Gasteiger partial charge in [0.25, 0.3) is 0 Å². The van der Waals surface area contributed by atoms with Crippen molar-refractivity contribution in [1.82, 2.24) is 10.6 Å². The van der Waals surface area contributed by atoms with Crippen molar-refractivity contribution in [3.8, 4) is 0 Å². The van der Waals surface area contributed by atoms with Gasteiger partial charge in [0, 0.05) is 19.0 Å². The zero-order chi connectivity index (χ0) is 12.6. The van der Waals surface area contributed by atoms with E-state index in [-0.39, 0.29) is 31.5 Å². The molecule has 96 valence electrons. The Morgan fingerprint density at radius 3 is 2.50 bits per heavy atom. The number of carbonyl (C=O) groups excluding carboxylic acids is 1. The molecule has 0 aromatic heterocycles. The van der Waals surface area contributed by atoms with E-state index in [2.05, 4.69) is 10.6 Å². The number of halogens is 3. The summed E-state index contributed by atoms with van der Waals surface area (Å²) in [6, 6.07) is 0.237. The molecule has 0 aromatic rings. The van der Waals surface area contributed by atoms with Crippen molar-refractivity contribution >= 4 is 5.91 Å². The SMILES string of the molecule is CCC(C)NCC(=O)NCCCC(F)(F)F. The van der Waals surface area contributed by atoms with E-state index in [9.17, 15) is 18.0 Å². The fourth-order valence-corrected chi connectivity index (χ4v) is 0.990. The lowest BCUT2D eigenvalue weighted by molar-refractivity contribution is -0.136. The van der Waals surface area contributed by atoms with E-state index in [4.69, 9.17) is 0 Å². The summed E-state index contributed by atoms with van der Waals surface area (Å²) in [6.07, 6.45) is -4.16. The van der Waals surface area contributed by atoms with Crippen LogP contribution < -0.4 is 10.6 Å². The van der Waals surface area contributed by atoms with Gasteiger partial charge in [-0.25, -0.2) is 0 Å². The molecule has 1 unspecified atom stereocenters. The maximum absolute atomic E-state index is 11.8. The average Bonchev–Trinajstić information content (AvgIpc) is 2.19. The molecular weight excluding hydrogens is 221 g/mol. The highest BCUT2D eigenvalue weighted by Gasteiger charge is 2.25. The van der Waals surface area contributed by atoms with Crippen molar-refractivity contribution in [3.63, 3.8) is 0 Å². The van der Waals surface area contributed by atoms with Gasteiger partial charge in [0.2, 0.25) is 5.91 Å². The van der Waals surface area contributed by atoms with Crippen LogP contribution in [0.1, 0.15) is 33.1 Å². The fraction of sp³-hybridized carbons (Fsp3) is 0.900. The molecule has 0 saturated heterocycles. The molecule has 0 spiro atoms. The second kappa shape index (κ2) is 7.49. The van der Waals surface area contributed by atoms with Gasteiger partial charge in [-0.05, 0) is 19.8 Å². The summed E-state index contributed by atoms with van der Waals surface area (Å²) in [5.41, 5.74) is 0. The van der Waals surface area contributed by atoms with Crippen LogP contribution >= 0.6 is 0 Å². The van der Waals surface area contributed by atoms with Gasteiger partial charge >= 0.3 is 6.18 Å². The summed E-state index contributed by atoms with van der Waals surface area (Å²) in [7, 11) is 0. The Morgan fingerprint density at radius 1 is 1.38 bits per heavy atom. The molecule has 0 aromatic carbocycles. The van der Waals surface area contributed by atoms with E-state index < -0.39 is 12.6 Å². The second-order valence-corrected chi connectivity index (χ2v) is 3.76. The normalized spacial score (nSPS) is 13.6. The summed E-state index contributed by atoms with van der Waals surface area (Å²) in [6.45, 7) is 4.15. The molecule has 0 aliphatic carbocycles. The summed E-state index contributed by atoms with van der Waals surface area (Å²) in [5, 5.41) is 5.39. The van der Waals surface area contributed by atoms with Gasteiger partial charge in [-0.3, -0.25) is 4.79 Å². The first-order valence-corrected chi connectivity index (χ1v) is 5.42. The molecule has 0 fully saturated rings. The van der Waals surface area contributed by atoms with Gasteiger partial charge in [-0.2, -0.15) is 13.2 Å². The van der Waals surface area contributed by atoms with Crippen LogP contribution in [0, 0.1) is 0 Å². The van der Waals surface area contributed by atoms with Gasteiger partial charge in [0.15, 0.2) is 0 Å². The van der Waals surface area contributed by atoms with E-state index in [1.165, 1.54) is 0 Å². The van der Waals surface area contributed by atoms with Crippen molar-refractivity contribution in [3.05, 3.63) is 0 Å². The van der Waals surface area contributed by atoms with Gasteiger partial charge in [-0.15, -0.1) is 0 Å². The van der Waals surface area contributed by atoms with Crippen molar-refractivity contribution in [1.29, 1.82) is 0 Å². The van der Waals surface area contributed by atoms with Crippen LogP contribution in [-0.2, 0) is 4.79 Å². The van der Waals surface area contributed by atoms with E-state index in [1.54, 1.807) is 0 Å². The molecule has 0 aliphatic rings. The minimum atomic E-state index is -4.14. The first kappa shape index (κ1) is 15.2. The third kappa shape index (κ3) is 9.76. The maximum Gasteiger partial charge on any atom is 0.389 e. The molecule has 1 amide bonds. The Labute approximate surface area is 93.8 Å². The average molecular weight is 240 g/mol. The molecule has 0 radical (unpaired) electrons. The summed E-state index contributed by atoms with van der Waals surface area (Å²) in [5.74, 6) is -0.262. The minimum Gasteiger partial charge on any atom is -0.355 e. The van der Waals surface area contributed by atoms with Crippen molar-refractivity contribution in [2.75, 3.05) is 13.1 Å². The van der Waals surface area contributed by atoms with Crippen LogP contribution in [0.2, 0.25) is 0 Å². The third-order valence-corrected chi connectivity index (χ3v) is 2.18. The van der Waals surface area contributed by atoms with E-state index in [1.807, 2.05) is 13.8 Å². The largest absolute Gasteiger partial charge is 0.389 e. The van der Waals surface area contributed by atoms with Crippen molar-refractivity contribution < 1.29 is 18.0 Å². The van der Waals surface area contributed by atoms with Crippen LogP contribution in [0.4, 0.5) is 13.2 Å². The van der Waals surface area contributed by atoms with E-state index >= 15 is 0 Å². The molecule has 16 heavy (non-hydrogen) atoms. The fourth-order valence-electron chi connectivity index (χ4n) is 0.990. The number of rotatable bonds is 7. The Hall–Kier alpha value is -0.780. The molecule has 0 heterocycles. The number of alkyl halides is 3. The molecule has 1 atom stereocenters. The summed E-state index contributed by atoms with van der Waals surface area (Å²) >= 11 is 0. The molecule has 0 aliphatic heterocycles. The predicted octanol–water partition coefficient (Wildman–Crippen LogP) is 1.83.